The van der Waals surface area contributed by atoms with Crippen LogP contribution in [-0.4, -0.2) is 11.6 Å². The summed E-state index contributed by atoms with van der Waals surface area (Å²) < 4.78 is 4.95. The van der Waals surface area contributed by atoms with Crippen molar-refractivity contribution in [3.05, 3.63) is 0 Å². The van der Waals surface area contributed by atoms with Crippen molar-refractivity contribution < 1.29 is 9.53 Å². The molecule has 0 atom stereocenters. The van der Waals surface area contributed by atoms with Gasteiger partial charge in [0.2, 0.25) is 0 Å². The molecule has 0 aliphatic rings. The molecule has 0 aromatic heterocycles. The summed E-state index contributed by atoms with van der Waals surface area (Å²) in [6.07, 6.45) is 0.456. The maximum Gasteiger partial charge on any atom is 0.306 e. The lowest BCUT2D eigenvalue weighted by Crippen LogP contribution is -2.23. The van der Waals surface area contributed by atoms with Gasteiger partial charge in [0.25, 0.3) is 0 Å². The highest BCUT2D eigenvalue weighted by molar-refractivity contribution is 8.93. The molecule has 0 aliphatic heterocycles. The molecule has 3 heteroatoms. The molecule has 0 saturated carbocycles. The van der Waals surface area contributed by atoms with Crippen LogP contribution in [0.25, 0.3) is 0 Å². The van der Waals surface area contributed by atoms with Crippen LogP contribution >= 0.6 is 17.0 Å². The fourth-order valence-electron chi connectivity index (χ4n) is 0.414. The number of hydrogen-bond acceptors (Lipinski definition) is 2. The predicted molar refractivity (Wildman–Crippen MR) is 46.5 cm³/mol. The van der Waals surface area contributed by atoms with Crippen LogP contribution < -0.4 is 0 Å². The van der Waals surface area contributed by atoms with Gasteiger partial charge >= 0.3 is 5.97 Å². The first kappa shape index (κ1) is 12.6. The molecular formula is C7H15BrO2. The Balaban J connectivity index is 0. The molecule has 0 aromatic rings. The van der Waals surface area contributed by atoms with E-state index in [1.54, 1.807) is 6.92 Å². The molecule has 0 bridgehead atoms. The average Bonchev–Trinajstić information content (AvgIpc) is 1.62. The third-order valence-electron chi connectivity index (χ3n) is 0.709. The smallest absolute Gasteiger partial charge is 0.306 e. The highest BCUT2D eigenvalue weighted by Crippen LogP contribution is 2.07. The SMILES string of the molecule is Br.CCC(=O)OC(C)(C)C. The number of ether oxygens (including phenoxy) is 1. The van der Waals surface area contributed by atoms with Gasteiger partial charge in [-0.1, -0.05) is 6.92 Å². The molecule has 62 valence electrons. The topological polar surface area (TPSA) is 26.3 Å². The van der Waals surface area contributed by atoms with Crippen molar-refractivity contribution in [1.29, 1.82) is 0 Å². The highest BCUT2D eigenvalue weighted by atomic mass is 79.9. The van der Waals surface area contributed by atoms with Crippen LogP contribution in [0.4, 0.5) is 0 Å². The van der Waals surface area contributed by atoms with Gasteiger partial charge in [0.05, 0.1) is 0 Å². The second-order valence-corrected chi connectivity index (χ2v) is 2.94. The highest BCUT2D eigenvalue weighted by Gasteiger charge is 2.13. The largest absolute Gasteiger partial charge is 0.460 e. The number of esters is 1. The van der Waals surface area contributed by atoms with Crippen molar-refractivity contribution in [3.8, 4) is 0 Å². The third kappa shape index (κ3) is 7.95. The minimum Gasteiger partial charge on any atom is -0.460 e. The lowest BCUT2D eigenvalue weighted by atomic mass is 10.2. The summed E-state index contributed by atoms with van der Waals surface area (Å²) in [5.41, 5.74) is -0.326. The number of hydrogen-bond donors (Lipinski definition) is 0. The summed E-state index contributed by atoms with van der Waals surface area (Å²) in [6.45, 7) is 7.37. The van der Waals surface area contributed by atoms with E-state index in [2.05, 4.69) is 0 Å². The summed E-state index contributed by atoms with van der Waals surface area (Å²) in [7, 11) is 0. The Morgan fingerprint density at radius 2 is 1.80 bits per heavy atom. The van der Waals surface area contributed by atoms with Crippen LogP contribution in [0.3, 0.4) is 0 Å². The summed E-state index contributed by atoms with van der Waals surface area (Å²) in [5.74, 6) is -0.137. The first-order valence-corrected chi connectivity index (χ1v) is 3.17. The molecule has 0 amide bonds. The Kier molecular flexibility index (Phi) is 5.95. The van der Waals surface area contributed by atoms with E-state index < -0.39 is 0 Å². The Hall–Kier alpha value is -0.0500. The van der Waals surface area contributed by atoms with Gasteiger partial charge in [-0.2, -0.15) is 0 Å². The minimum absolute atomic E-state index is 0. The van der Waals surface area contributed by atoms with Gasteiger partial charge < -0.3 is 4.74 Å². The van der Waals surface area contributed by atoms with Gasteiger partial charge in [-0.25, -0.2) is 0 Å². The van der Waals surface area contributed by atoms with E-state index in [0.717, 1.165) is 0 Å². The van der Waals surface area contributed by atoms with Crippen molar-refractivity contribution in [3.63, 3.8) is 0 Å². The quantitative estimate of drug-likeness (QED) is 0.622. The predicted octanol–water partition coefficient (Wildman–Crippen LogP) is 2.32. The van der Waals surface area contributed by atoms with Crippen LogP contribution in [0.1, 0.15) is 34.1 Å². The lowest BCUT2D eigenvalue weighted by molar-refractivity contribution is -0.154. The van der Waals surface area contributed by atoms with Crippen molar-refractivity contribution >= 4 is 23.0 Å². The molecule has 0 heterocycles. The fraction of sp³-hybridized carbons (Fsp3) is 0.857. The normalized spacial score (nSPS) is 10.0. The molecule has 0 rings (SSSR count). The Morgan fingerprint density at radius 3 is 1.90 bits per heavy atom. The first-order valence-electron chi connectivity index (χ1n) is 3.17. The lowest BCUT2D eigenvalue weighted by Gasteiger charge is -2.18. The third-order valence-corrected chi connectivity index (χ3v) is 0.709. The summed E-state index contributed by atoms with van der Waals surface area (Å²) in [4.78, 5) is 10.6. The van der Waals surface area contributed by atoms with Gasteiger partial charge in [-0.3, -0.25) is 4.79 Å². The van der Waals surface area contributed by atoms with E-state index in [1.165, 1.54) is 0 Å². The Morgan fingerprint density at radius 1 is 1.40 bits per heavy atom. The molecule has 2 nitrogen and oxygen atoms in total. The summed E-state index contributed by atoms with van der Waals surface area (Å²) >= 11 is 0. The van der Waals surface area contributed by atoms with Gasteiger partial charge in [0, 0.05) is 6.42 Å². The summed E-state index contributed by atoms with van der Waals surface area (Å²) in [6, 6.07) is 0. The Bertz CT molecular complexity index is 105. The summed E-state index contributed by atoms with van der Waals surface area (Å²) in [5, 5.41) is 0. The van der Waals surface area contributed by atoms with Gasteiger partial charge in [-0.05, 0) is 20.8 Å². The van der Waals surface area contributed by atoms with E-state index in [1.807, 2.05) is 20.8 Å². The van der Waals surface area contributed by atoms with Crippen LogP contribution in [0.5, 0.6) is 0 Å². The van der Waals surface area contributed by atoms with E-state index in [0.29, 0.717) is 6.42 Å². The maximum absolute atomic E-state index is 10.6. The molecule has 10 heavy (non-hydrogen) atoms. The van der Waals surface area contributed by atoms with E-state index in [9.17, 15) is 4.79 Å². The molecule has 0 N–H and O–H groups in total. The van der Waals surface area contributed by atoms with Crippen molar-refractivity contribution in [2.75, 3.05) is 0 Å². The molecule has 0 radical (unpaired) electrons. The van der Waals surface area contributed by atoms with E-state index >= 15 is 0 Å². The number of halogens is 1. The molecule has 0 saturated heterocycles. The zero-order chi connectivity index (χ0) is 7.49. The van der Waals surface area contributed by atoms with Gasteiger partial charge in [0.15, 0.2) is 0 Å². The van der Waals surface area contributed by atoms with Crippen LogP contribution in [0, 0.1) is 0 Å². The molecule has 0 aromatic carbocycles. The maximum atomic E-state index is 10.6. The molecular weight excluding hydrogens is 196 g/mol. The van der Waals surface area contributed by atoms with Crippen LogP contribution in [0.2, 0.25) is 0 Å². The van der Waals surface area contributed by atoms with Crippen molar-refractivity contribution in [2.24, 2.45) is 0 Å². The second kappa shape index (κ2) is 4.72. The molecule has 0 fully saturated rings. The average molecular weight is 211 g/mol. The van der Waals surface area contributed by atoms with E-state index in [4.69, 9.17) is 4.74 Å². The standard InChI is InChI=1S/C7H14O2.BrH/c1-5-6(8)9-7(2,3)4;/h5H2,1-4H3;1H. The van der Waals surface area contributed by atoms with Gasteiger partial charge in [-0.15, -0.1) is 17.0 Å². The first-order chi connectivity index (χ1) is 3.95. The number of rotatable bonds is 1. The van der Waals surface area contributed by atoms with Crippen LogP contribution in [-0.2, 0) is 9.53 Å². The molecule has 0 aliphatic carbocycles. The molecule has 0 spiro atoms. The second-order valence-electron chi connectivity index (χ2n) is 2.94. The van der Waals surface area contributed by atoms with Gasteiger partial charge in [0.1, 0.15) is 5.60 Å². The molecule has 0 unspecified atom stereocenters. The Labute approximate surface area is 72.7 Å². The fourth-order valence-corrected chi connectivity index (χ4v) is 0.414. The monoisotopic (exact) mass is 210 g/mol. The zero-order valence-corrected chi connectivity index (χ0v) is 8.64. The minimum atomic E-state index is -0.326. The number of carbonyl (C=O) groups is 1. The van der Waals surface area contributed by atoms with Crippen molar-refractivity contribution in [2.45, 2.75) is 39.7 Å². The van der Waals surface area contributed by atoms with Crippen LogP contribution in [0.15, 0.2) is 0 Å². The van der Waals surface area contributed by atoms with Crippen molar-refractivity contribution in [1.82, 2.24) is 0 Å². The number of carbonyl (C=O) groups excluding carboxylic acids is 1. The zero-order valence-electron chi connectivity index (χ0n) is 6.93. The van der Waals surface area contributed by atoms with E-state index in [-0.39, 0.29) is 28.6 Å².